The Bertz CT molecular complexity index is 1200. The fraction of sp³-hybridized carbons (Fsp3) is 0.350. The number of rotatable bonds is 5. The number of ether oxygens (including phenoxy) is 1. The molecule has 9 heteroatoms. The maximum Gasteiger partial charge on any atom is 0.261 e. The van der Waals surface area contributed by atoms with Gasteiger partial charge < -0.3 is 9.30 Å². The zero-order valence-corrected chi connectivity index (χ0v) is 15.9. The molecule has 9 nitrogen and oxygen atoms in total. The molecule has 1 saturated heterocycles. The normalized spacial score (nSPS) is 15.3. The molecule has 0 N–H and O–H groups in total. The number of hydrogen-bond acceptors (Lipinski definition) is 7. The lowest BCUT2D eigenvalue weighted by Gasteiger charge is -2.26. The summed E-state index contributed by atoms with van der Waals surface area (Å²) < 4.78 is 8.74. The molecule has 1 aliphatic rings. The van der Waals surface area contributed by atoms with E-state index in [1.165, 1.54) is 0 Å². The van der Waals surface area contributed by atoms with Crippen molar-refractivity contribution in [3.05, 3.63) is 53.3 Å². The Kier molecular flexibility index (Phi) is 4.74. The van der Waals surface area contributed by atoms with E-state index in [9.17, 15) is 4.79 Å². The summed E-state index contributed by atoms with van der Waals surface area (Å²) in [4.78, 5) is 28.2. The number of fused-ring (bicyclic) bond motifs is 3. The van der Waals surface area contributed by atoms with Gasteiger partial charge in [-0.3, -0.25) is 14.7 Å². The molecule has 0 atom stereocenters. The van der Waals surface area contributed by atoms with E-state index in [4.69, 9.17) is 4.74 Å². The molecule has 1 aliphatic heterocycles. The Morgan fingerprint density at radius 2 is 2.00 bits per heavy atom. The Labute approximate surface area is 166 Å². The van der Waals surface area contributed by atoms with Gasteiger partial charge in [0.25, 0.3) is 11.3 Å². The SMILES string of the molecule is O=c1c2cnc3nc(-c4cccnc4)nn3c2ccn1CCCN1CCOCC1. The van der Waals surface area contributed by atoms with Gasteiger partial charge in [-0.15, -0.1) is 5.10 Å². The van der Waals surface area contributed by atoms with Crippen LogP contribution in [0.15, 0.2) is 47.8 Å². The maximum atomic E-state index is 12.9. The predicted octanol–water partition coefficient (Wildman–Crippen LogP) is 1.22. The summed E-state index contributed by atoms with van der Waals surface area (Å²) in [6, 6.07) is 5.63. The van der Waals surface area contributed by atoms with Crippen LogP contribution in [0.4, 0.5) is 0 Å². The van der Waals surface area contributed by atoms with Gasteiger partial charge in [-0.25, -0.2) is 4.98 Å². The molecule has 0 aliphatic carbocycles. The minimum Gasteiger partial charge on any atom is -0.379 e. The first-order valence-corrected chi connectivity index (χ1v) is 9.75. The number of aromatic nitrogens is 6. The fourth-order valence-electron chi connectivity index (χ4n) is 3.64. The van der Waals surface area contributed by atoms with Crippen LogP contribution in [0, 0.1) is 0 Å². The minimum absolute atomic E-state index is 0.0581. The van der Waals surface area contributed by atoms with Crippen molar-refractivity contribution in [1.82, 2.24) is 34.0 Å². The van der Waals surface area contributed by atoms with Crippen LogP contribution >= 0.6 is 0 Å². The summed E-state index contributed by atoms with van der Waals surface area (Å²) in [7, 11) is 0. The summed E-state index contributed by atoms with van der Waals surface area (Å²) in [5.74, 6) is 0.994. The molecule has 0 radical (unpaired) electrons. The molecule has 4 aromatic heterocycles. The van der Waals surface area contributed by atoms with Gasteiger partial charge in [0, 0.05) is 56.5 Å². The van der Waals surface area contributed by atoms with Crippen molar-refractivity contribution in [2.24, 2.45) is 0 Å². The molecule has 4 aromatic rings. The van der Waals surface area contributed by atoms with Gasteiger partial charge >= 0.3 is 0 Å². The second-order valence-corrected chi connectivity index (χ2v) is 7.07. The zero-order valence-electron chi connectivity index (χ0n) is 15.9. The predicted molar refractivity (Wildman–Crippen MR) is 108 cm³/mol. The minimum atomic E-state index is -0.0581. The van der Waals surface area contributed by atoms with E-state index in [-0.39, 0.29) is 5.56 Å². The summed E-state index contributed by atoms with van der Waals surface area (Å²) in [6.45, 7) is 5.12. The van der Waals surface area contributed by atoms with Crippen molar-refractivity contribution >= 4 is 16.7 Å². The van der Waals surface area contributed by atoms with Crippen LogP contribution in [-0.2, 0) is 11.3 Å². The third-order valence-corrected chi connectivity index (χ3v) is 5.20. The van der Waals surface area contributed by atoms with Gasteiger partial charge in [-0.05, 0) is 24.6 Å². The molecule has 0 unspecified atom stereocenters. The largest absolute Gasteiger partial charge is 0.379 e. The van der Waals surface area contributed by atoms with Crippen molar-refractivity contribution in [3.63, 3.8) is 0 Å². The Hall–Kier alpha value is -3.17. The van der Waals surface area contributed by atoms with E-state index in [0.29, 0.717) is 29.0 Å². The Morgan fingerprint density at radius 3 is 2.83 bits per heavy atom. The van der Waals surface area contributed by atoms with Crippen LogP contribution in [0.25, 0.3) is 28.1 Å². The van der Waals surface area contributed by atoms with E-state index in [2.05, 4.69) is 25.0 Å². The first-order valence-electron chi connectivity index (χ1n) is 9.75. The summed E-state index contributed by atoms with van der Waals surface area (Å²) in [5.41, 5.74) is 1.45. The van der Waals surface area contributed by atoms with Gasteiger partial charge in [0.1, 0.15) is 0 Å². The van der Waals surface area contributed by atoms with Crippen molar-refractivity contribution in [2.75, 3.05) is 32.8 Å². The van der Waals surface area contributed by atoms with E-state index in [0.717, 1.165) is 44.8 Å². The first-order chi connectivity index (χ1) is 14.3. The molecule has 148 valence electrons. The lowest BCUT2D eigenvalue weighted by atomic mass is 10.3. The van der Waals surface area contributed by atoms with Gasteiger partial charge in [0.2, 0.25) is 0 Å². The van der Waals surface area contributed by atoms with Gasteiger partial charge in [0.05, 0.1) is 24.1 Å². The highest BCUT2D eigenvalue weighted by Gasteiger charge is 2.13. The maximum absolute atomic E-state index is 12.9. The molecule has 0 saturated carbocycles. The molecule has 0 spiro atoms. The standard InChI is InChI=1S/C20H21N7O2/c28-19-16-14-22-20-23-18(15-3-1-5-21-13-15)24-27(20)17(16)4-8-26(19)7-2-6-25-9-11-29-12-10-25/h1,3-5,8,13-14H,2,6-7,9-12H2. The van der Waals surface area contributed by atoms with Crippen molar-refractivity contribution < 1.29 is 4.74 Å². The molecular weight excluding hydrogens is 370 g/mol. The average Bonchev–Trinajstić information content (AvgIpc) is 3.21. The van der Waals surface area contributed by atoms with Crippen LogP contribution < -0.4 is 5.56 Å². The van der Waals surface area contributed by atoms with Crippen LogP contribution in [-0.4, -0.2) is 66.9 Å². The second kappa shape index (κ2) is 7.69. The number of morpholine rings is 1. The molecular formula is C20H21N7O2. The van der Waals surface area contributed by atoms with E-state index < -0.39 is 0 Å². The third-order valence-electron chi connectivity index (χ3n) is 5.20. The van der Waals surface area contributed by atoms with Crippen molar-refractivity contribution in [3.8, 4) is 11.4 Å². The first kappa shape index (κ1) is 17.9. The molecule has 5 heterocycles. The van der Waals surface area contributed by atoms with E-state index in [1.54, 1.807) is 27.7 Å². The van der Waals surface area contributed by atoms with E-state index in [1.807, 2.05) is 24.4 Å². The lowest BCUT2D eigenvalue weighted by Crippen LogP contribution is -2.37. The number of aryl methyl sites for hydroxylation is 1. The highest BCUT2D eigenvalue weighted by molar-refractivity contribution is 5.79. The second-order valence-electron chi connectivity index (χ2n) is 7.07. The van der Waals surface area contributed by atoms with Gasteiger partial charge in [-0.2, -0.15) is 9.50 Å². The molecule has 0 amide bonds. The smallest absolute Gasteiger partial charge is 0.261 e. The number of nitrogens with zero attached hydrogens (tertiary/aromatic N) is 7. The summed E-state index contributed by atoms with van der Waals surface area (Å²) in [6.07, 6.45) is 7.74. The van der Waals surface area contributed by atoms with Crippen LogP contribution in [0.1, 0.15) is 6.42 Å². The number of hydrogen-bond donors (Lipinski definition) is 0. The monoisotopic (exact) mass is 391 g/mol. The van der Waals surface area contributed by atoms with Crippen molar-refractivity contribution in [2.45, 2.75) is 13.0 Å². The molecule has 5 rings (SSSR count). The Morgan fingerprint density at radius 1 is 1.10 bits per heavy atom. The molecule has 1 fully saturated rings. The molecule has 0 aromatic carbocycles. The van der Waals surface area contributed by atoms with Gasteiger partial charge in [-0.1, -0.05) is 0 Å². The highest BCUT2D eigenvalue weighted by atomic mass is 16.5. The Balaban J connectivity index is 1.43. The van der Waals surface area contributed by atoms with Gasteiger partial charge in [0.15, 0.2) is 5.82 Å². The third kappa shape index (κ3) is 3.50. The lowest BCUT2D eigenvalue weighted by molar-refractivity contribution is 0.0369. The van der Waals surface area contributed by atoms with Crippen LogP contribution in [0.5, 0.6) is 0 Å². The topological polar surface area (TPSA) is 90.4 Å². The number of pyridine rings is 2. The zero-order chi connectivity index (χ0) is 19.6. The van der Waals surface area contributed by atoms with Crippen molar-refractivity contribution in [1.29, 1.82) is 0 Å². The summed E-state index contributed by atoms with van der Waals surface area (Å²) in [5, 5.41) is 5.08. The quantitative estimate of drug-likeness (QED) is 0.505. The summed E-state index contributed by atoms with van der Waals surface area (Å²) >= 11 is 0. The fourth-order valence-corrected chi connectivity index (χ4v) is 3.64. The van der Waals surface area contributed by atoms with Crippen LogP contribution in [0.2, 0.25) is 0 Å². The van der Waals surface area contributed by atoms with E-state index >= 15 is 0 Å². The average molecular weight is 391 g/mol. The highest BCUT2D eigenvalue weighted by Crippen LogP contribution is 2.17. The molecule has 29 heavy (non-hydrogen) atoms. The molecule has 0 bridgehead atoms. The van der Waals surface area contributed by atoms with Crippen LogP contribution in [0.3, 0.4) is 0 Å².